The highest BCUT2D eigenvalue weighted by atomic mass is 16.5. The van der Waals surface area contributed by atoms with Crippen LogP contribution in [-0.4, -0.2) is 41.7 Å². The Kier molecular flexibility index (Phi) is 6.88. The first kappa shape index (κ1) is 23.5. The molecule has 0 aliphatic carbocycles. The molecule has 0 spiro atoms. The SMILES string of the molecule is CCC(C)(C)NC(=O)c1coc([C@H]2[C@@H](Cc3ccccc3CCC(=O)OC)[C@@H]3CC[C@H]2O3)n1. The summed E-state index contributed by atoms with van der Waals surface area (Å²) in [4.78, 5) is 28.9. The number of amides is 1. The number of carbonyl (C=O) groups excluding carboxylic acids is 2. The van der Waals surface area contributed by atoms with Gasteiger partial charge in [-0.25, -0.2) is 4.98 Å². The highest BCUT2D eigenvalue weighted by Gasteiger charge is 2.51. The first-order valence-electron chi connectivity index (χ1n) is 11.9. The van der Waals surface area contributed by atoms with Gasteiger partial charge in [0.25, 0.3) is 5.91 Å². The molecule has 1 aromatic carbocycles. The van der Waals surface area contributed by atoms with Crippen molar-refractivity contribution in [3.05, 3.63) is 53.2 Å². The third-order valence-corrected chi connectivity index (χ3v) is 7.20. The Bertz CT molecular complexity index is 998. The van der Waals surface area contributed by atoms with Crippen LogP contribution in [0.25, 0.3) is 0 Å². The van der Waals surface area contributed by atoms with Gasteiger partial charge in [0.05, 0.1) is 25.2 Å². The van der Waals surface area contributed by atoms with Crippen molar-refractivity contribution in [2.24, 2.45) is 5.92 Å². The van der Waals surface area contributed by atoms with E-state index in [9.17, 15) is 9.59 Å². The number of fused-ring (bicyclic) bond motifs is 2. The minimum Gasteiger partial charge on any atom is -0.469 e. The number of oxazole rings is 1. The fourth-order valence-corrected chi connectivity index (χ4v) is 4.97. The zero-order chi connectivity index (χ0) is 23.6. The zero-order valence-corrected chi connectivity index (χ0v) is 19.9. The number of nitrogens with one attached hydrogen (secondary N) is 1. The second kappa shape index (κ2) is 9.67. The second-order valence-corrected chi connectivity index (χ2v) is 9.79. The van der Waals surface area contributed by atoms with Crippen LogP contribution in [-0.2, 0) is 27.1 Å². The standard InChI is InChI=1S/C26H34N2O5/c1-5-26(2,3)28-24(30)19-15-32-25(27-19)23-18(20-11-12-21(23)33-20)14-17-9-7-6-8-16(17)10-13-22(29)31-4/h6-9,15,18,20-21,23H,5,10-14H2,1-4H3,(H,28,30)/t18-,20-,21+,23-/m0/s1. The zero-order valence-electron chi connectivity index (χ0n) is 19.9. The second-order valence-electron chi connectivity index (χ2n) is 9.79. The summed E-state index contributed by atoms with van der Waals surface area (Å²) in [6.07, 6.45) is 6.31. The Morgan fingerprint density at radius 1 is 1.18 bits per heavy atom. The number of aryl methyl sites for hydroxylation is 1. The summed E-state index contributed by atoms with van der Waals surface area (Å²) in [6.45, 7) is 6.02. The van der Waals surface area contributed by atoms with E-state index in [0.717, 1.165) is 31.2 Å². The number of nitrogens with zero attached hydrogens (tertiary/aromatic N) is 1. The number of rotatable bonds is 9. The lowest BCUT2D eigenvalue weighted by atomic mass is 9.75. The van der Waals surface area contributed by atoms with Crippen LogP contribution >= 0.6 is 0 Å². The van der Waals surface area contributed by atoms with E-state index in [2.05, 4.69) is 22.4 Å². The van der Waals surface area contributed by atoms with Gasteiger partial charge in [0.2, 0.25) is 5.89 Å². The molecule has 4 atom stereocenters. The Labute approximate surface area is 195 Å². The Morgan fingerprint density at radius 2 is 1.91 bits per heavy atom. The summed E-state index contributed by atoms with van der Waals surface area (Å²) < 4.78 is 16.9. The molecule has 2 aliphatic rings. The third-order valence-electron chi connectivity index (χ3n) is 7.20. The molecule has 0 unspecified atom stereocenters. The molecule has 1 aromatic heterocycles. The lowest BCUT2D eigenvalue weighted by Crippen LogP contribution is -2.42. The number of aromatic nitrogens is 1. The van der Waals surface area contributed by atoms with Gasteiger partial charge in [0.1, 0.15) is 6.26 Å². The maximum Gasteiger partial charge on any atom is 0.305 e. The maximum absolute atomic E-state index is 12.7. The van der Waals surface area contributed by atoms with Crippen LogP contribution in [0.2, 0.25) is 0 Å². The molecule has 2 saturated heterocycles. The van der Waals surface area contributed by atoms with E-state index in [1.165, 1.54) is 18.9 Å². The average Bonchev–Trinajstić information content (AvgIpc) is 3.54. The van der Waals surface area contributed by atoms with Crippen molar-refractivity contribution in [3.8, 4) is 0 Å². The van der Waals surface area contributed by atoms with E-state index < -0.39 is 0 Å². The van der Waals surface area contributed by atoms with Gasteiger partial charge >= 0.3 is 5.97 Å². The smallest absolute Gasteiger partial charge is 0.305 e. The monoisotopic (exact) mass is 454 g/mol. The van der Waals surface area contributed by atoms with Crippen molar-refractivity contribution in [3.63, 3.8) is 0 Å². The number of esters is 1. The molecule has 1 amide bonds. The number of benzene rings is 1. The van der Waals surface area contributed by atoms with E-state index in [0.29, 0.717) is 24.4 Å². The third kappa shape index (κ3) is 5.13. The molecule has 7 nitrogen and oxygen atoms in total. The first-order valence-corrected chi connectivity index (χ1v) is 11.9. The van der Waals surface area contributed by atoms with Gasteiger partial charge in [-0.15, -0.1) is 0 Å². The molecular formula is C26H34N2O5. The number of hydrogen-bond donors (Lipinski definition) is 1. The Morgan fingerprint density at radius 3 is 2.64 bits per heavy atom. The van der Waals surface area contributed by atoms with Crippen LogP contribution in [0, 0.1) is 5.92 Å². The summed E-state index contributed by atoms with van der Waals surface area (Å²) in [7, 11) is 1.42. The molecule has 2 aromatic rings. The van der Waals surface area contributed by atoms with Gasteiger partial charge in [0, 0.05) is 17.9 Å². The van der Waals surface area contributed by atoms with E-state index in [-0.39, 0.29) is 41.5 Å². The summed E-state index contributed by atoms with van der Waals surface area (Å²) in [5, 5.41) is 3.02. The fraction of sp³-hybridized carbons (Fsp3) is 0.577. The predicted molar refractivity (Wildman–Crippen MR) is 123 cm³/mol. The topological polar surface area (TPSA) is 90.7 Å². The highest BCUT2D eigenvalue weighted by molar-refractivity contribution is 5.92. The van der Waals surface area contributed by atoms with Crippen LogP contribution < -0.4 is 5.32 Å². The van der Waals surface area contributed by atoms with Gasteiger partial charge < -0.3 is 19.2 Å². The van der Waals surface area contributed by atoms with E-state index in [1.54, 1.807) is 0 Å². The van der Waals surface area contributed by atoms with Gasteiger partial charge in [-0.05, 0) is 57.1 Å². The van der Waals surface area contributed by atoms with Crippen molar-refractivity contribution in [1.82, 2.24) is 10.3 Å². The van der Waals surface area contributed by atoms with Gasteiger partial charge in [-0.2, -0.15) is 0 Å². The molecule has 2 fully saturated rings. The number of carbonyl (C=O) groups is 2. The molecule has 3 heterocycles. The first-order chi connectivity index (χ1) is 15.8. The molecule has 7 heteroatoms. The Hall–Kier alpha value is -2.67. The molecule has 178 valence electrons. The molecule has 2 bridgehead atoms. The van der Waals surface area contributed by atoms with Crippen molar-refractivity contribution < 1.29 is 23.5 Å². The van der Waals surface area contributed by atoms with Crippen LogP contribution in [0.1, 0.15) is 79.9 Å². The molecule has 33 heavy (non-hydrogen) atoms. The quantitative estimate of drug-likeness (QED) is 0.571. The largest absolute Gasteiger partial charge is 0.469 e. The van der Waals surface area contributed by atoms with Gasteiger partial charge in [0.15, 0.2) is 5.69 Å². The lowest BCUT2D eigenvalue weighted by Gasteiger charge is -2.26. The lowest BCUT2D eigenvalue weighted by molar-refractivity contribution is -0.140. The van der Waals surface area contributed by atoms with Gasteiger partial charge in [-0.3, -0.25) is 9.59 Å². The molecule has 4 rings (SSSR count). The molecule has 0 saturated carbocycles. The minimum atomic E-state index is -0.303. The number of ether oxygens (including phenoxy) is 2. The minimum absolute atomic E-state index is 0.0122. The van der Waals surface area contributed by atoms with E-state index in [4.69, 9.17) is 13.9 Å². The molecule has 2 aliphatic heterocycles. The van der Waals surface area contributed by atoms with E-state index in [1.807, 2.05) is 32.9 Å². The summed E-state index contributed by atoms with van der Waals surface area (Å²) in [5.41, 5.74) is 2.37. The van der Waals surface area contributed by atoms with Crippen molar-refractivity contribution >= 4 is 11.9 Å². The van der Waals surface area contributed by atoms with E-state index >= 15 is 0 Å². The molecule has 0 radical (unpaired) electrons. The van der Waals surface area contributed by atoms with Crippen LogP contribution in [0.3, 0.4) is 0 Å². The fourth-order valence-electron chi connectivity index (χ4n) is 4.97. The number of hydrogen-bond acceptors (Lipinski definition) is 6. The Balaban J connectivity index is 1.52. The molecular weight excluding hydrogens is 420 g/mol. The maximum atomic E-state index is 12.7. The highest BCUT2D eigenvalue weighted by Crippen LogP contribution is 2.50. The summed E-state index contributed by atoms with van der Waals surface area (Å²) >= 11 is 0. The van der Waals surface area contributed by atoms with Crippen molar-refractivity contribution in [2.75, 3.05) is 7.11 Å². The van der Waals surface area contributed by atoms with Crippen LogP contribution in [0.15, 0.2) is 34.9 Å². The normalized spacial score (nSPS) is 24.1. The van der Waals surface area contributed by atoms with Crippen molar-refractivity contribution in [2.45, 2.75) is 83.0 Å². The summed E-state index contributed by atoms with van der Waals surface area (Å²) in [6, 6.07) is 8.23. The number of methoxy groups -OCH3 is 1. The predicted octanol–water partition coefficient (Wildman–Crippen LogP) is 4.20. The summed E-state index contributed by atoms with van der Waals surface area (Å²) in [5.74, 6) is 0.384. The molecule has 1 N–H and O–H groups in total. The average molecular weight is 455 g/mol. The van der Waals surface area contributed by atoms with Crippen molar-refractivity contribution in [1.29, 1.82) is 0 Å². The van der Waals surface area contributed by atoms with Gasteiger partial charge in [-0.1, -0.05) is 31.2 Å². The van der Waals surface area contributed by atoms with Crippen LogP contribution in [0.4, 0.5) is 0 Å². The van der Waals surface area contributed by atoms with Crippen LogP contribution in [0.5, 0.6) is 0 Å².